The normalized spacial score (nSPS) is 37.8. The highest BCUT2D eigenvalue weighted by atomic mass is 16.5. The summed E-state index contributed by atoms with van der Waals surface area (Å²) in [6, 6.07) is 4.44. The van der Waals surface area contributed by atoms with Crippen LogP contribution in [0.1, 0.15) is 44.1 Å². The number of pyridine rings is 1. The summed E-state index contributed by atoms with van der Waals surface area (Å²) >= 11 is 0. The van der Waals surface area contributed by atoms with E-state index in [2.05, 4.69) is 28.5 Å². The molecule has 0 spiro atoms. The highest BCUT2D eigenvalue weighted by molar-refractivity contribution is 5.39. The molecule has 4 nitrogen and oxygen atoms in total. The Bertz CT molecular complexity index is 544. The first-order valence-electron chi connectivity index (χ1n) is 9.81. The second-order valence-electron chi connectivity index (χ2n) is 8.68. The first kappa shape index (κ1) is 15.2. The van der Waals surface area contributed by atoms with Crippen molar-refractivity contribution in [2.75, 3.05) is 31.2 Å². The van der Waals surface area contributed by atoms with Crippen LogP contribution in [0.15, 0.2) is 18.3 Å². The second kappa shape index (κ2) is 5.99. The third-order valence-corrected chi connectivity index (χ3v) is 6.85. The molecule has 5 fully saturated rings. The van der Waals surface area contributed by atoms with Crippen LogP contribution in [0.25, 0.3) is 0 Å². The molecule has 4 saturated carbocycles. The number of nitrogens with one attached hydrogen (secondary N) is 1. The minimum atomic E-state index is 0.442. The molecule has 130 valence electrons. The SMILES string of the molecule is c1cc(N2CCOCC2)ncc1CNC12CC3CC(CC(C3)C1)C2. The summed E-state index contributed by atoms with van der Waals surface area (Å²) in [7, 11) is 0. The van der Waals surface area contributed by atoms with E-state index >= 15 is 0 Å². The van der Waals surface area contributed by atoms with Gasteiger partial charge in [0.2, 0.25) is 0 Å². The summed E-state index contributed by atoms with van der Waals surface area (Å²) in [5, 5.41) is 3.97. The molecule has 1 aromatic heterocycles. The van der Waals surface area contributed by atoms with Gasteiger partial charge in [-0.05, 0) is 67.9 Å². The molecule has 4 heteroatoms. The van der Waals surface area contributed by atoms with Crippen LogP contribution in [0.4, 0.5) is 5.82 Å². The highest BCUT2D eigenvalue weighted by Gasteiger charge is 2.50. The van der Waals surface area contributed by atoms with E-state index in [9.17, 15) is 0 Å². The zero-order valence-corrected chi connectivity index (χ0v) is 14.5. The summed E-state index contributed by atoms with van der Waals surface area (Å²) in [4.78, 5) is 7.02. The lowest BCUT2D eigenvalue weighted by Crippen LogP contribution is -2.58. The molecule has 24 heavy (non-hydrogen) atoms. The molecule has 0 atom stereocenters. The van der Waals surface area contributed by atoms with E-state index in [0.29, 0.717) is 5.54 Å². The van der Waals surface area contributed by atoms with E-state index in [4.69, 9.17) is 9.72 Å². The Hall–Kier alpha value is -1.13. The van der Waals surface area contributed by atoms with Crippen molar-refractivity contribution in [1.82, 2.24) is 10.3 Å². The van der Waals surface area contributed by atoms with E-state index in [0.717, 1.165) is 56.4 Å². The maximum Gasteiger partial charge on any atom is 0.128 e. The topological polar surface area (TPSA) is 37.4 Å². The molecule has 0 aromatic carbocycles. The molecule has 1 aromatic rings. The van der Waals surface area contributed by atoms with Gasteiger partial charge in [0, 0.05) is 31.4 Å². The van der Waals surface area contributed by atoms with Crippen LogP contribution in [-0.2, 0) is 11.3 Å². The summed E-state index contributed by atoms with van der Waals surface area (Å²) in [5.41, 5.74) is 1.76. The Morgan fingerprint density at radius 2 is 1.71 bits per heavy atom. The number of hydrogen-bond acceptors (Lipinski definition) is 4. The molecule has 0 amide bonds. The van der Waals surface area contributed by atoms with Crippen LogP contribution in [0, 0.1) is 17.8 Å². The van der Waals surface area contributed by atoms with Gasteiger partial charge in [-0.15, -0.1) is 0 Å². The van der Waals surface area contributed by atoms with E-state index in [1.807, 2.05) is 0 Å². The molecule has 4 bridgehead atoms. The van der Waals surface area contributed by atoms with Gasteiger partial charge in [-0.2, -0.15) is 0 Å². The van der Waals surface area contributed by atoms with Crippen molar-refractivity contribution in [3.63, 3.8) is 0 Å². The van der Waals surface area contributed by atoms with E-state index in [1.165, 1.54) is 44.1 Å². The molecule has 4 aliphatic carbocycles. The lowest BCUT2D eigenvalue weighted by Gasteiger charge is -2.57. The van der Waals surface area contributed by atoms with Gasteiger partial charge in [0.05, 0.1) is 13.2 Å². The smallest absolute Gasteiger partial charge is 0.128 e. The van der Waals surface area contributed by atoms with Crippen molar-refractivity contribution in [3.8, 4) is 0 Å². The highest BCUT2D eigenvalue weighted by Crippen LogP contribution is 2.55. The molecule has 2 heterocycles. The number of ether oxygens (including phenoxy) is 1. The number of morpholine rings is 1. The van der Waals surface area contributed by atoms with Crippen LogP contribution >= 0.6 is 0 Å². The molecule has 1 saturated heterocycles. The predicted octanol–water partition coefficient (Wildman–Crippen LogP) is 2.98. The van der Waals surface area contributed by atoms with Gasteiger partial charge in [-0.25, -0.2) is 4.98 Å². The van der Waals surface area contributed by atoms with Crippen LogP contribution < -0.4 is 10.2 Å². The largest absolute Gasteiger partial charge is 0.378 e. The minimum absolute atomic E-state index is 0.442. The van der Waals surface area contributed by atoms with Crippen molar-refractivity contribution in [3.05, 3.63) is 23.9 Å². The summed E-state index contributed by atoms with van der Waals surface area (Å²) in [6.07, 6.45) is 10.8. The van der Waals surface area contributed by atoms with Gasteiger partial charge in [0.1, 0.15) is 5.82 Å². The van der Waals surface area contributed by atoms with Gasteiger partial charge in [0.25, 0.3) is 0 Å². The van der Waals surface area contributed by atoms with Crippen molar-refractivity contribution in [2.24, 2.45) is 17.8 Å². The summed E-state index contributed by atoms with van der Waals surface area (Å²) in [5.74, 6) is 4.11. The number of rotatable bonds is 4. The summed E-state index contributed by atoms with van der Waals surface area (Å²) < 4.78 is 5.42. The number of hydrogen-bond donors (Lipinski definition) is 1. The standard InChI is InChI=1S/C20H29N3O/c1-2-19(23-3-5-24-6-4-23)21-13-15(1)14-22-20-10-16-7-17(11-20)9-18(8-16)12-20/h1-2,13,16-18,22H,3-12,14H2. The van der Waals surface area contributed by atoms with Crippen molar-refractivity contribution in [1.29, 1.82) is 0 Å². The fourth-order valence-electron chi connectivity index (χ4n) is 6.12. The van der Waals surface area contributed by atoms with Crippen LogP contribution in [0.2, 0.25) is 0 Å². The Balaban J connectivity index is 1.22. The Labute approximate surface area is 145 Å². The molecule has 0 unspecified atom stereocenters. The average Bonchev–Trinajstić information content (AvgIpc) is 2.60. The zero-order valence-electron chi connectivity index (χ0n) is 14.5. The third-order valence-electron chi connectivity index (χ3n) is 6.85. The quantitative estimate of drug-likeness (QED) is 0.922. The second-order valence-corrected chi connectivity index (χ2v) is 8.68. The lowest BCUT2D eigenvalue weighted by molar-refractivity contribution is -0.0206. The fourth-order valence-corrected chi connectivity index (χ4v) is 6.12. The van der Waals surface area contributed by atoms with Crippen LogP contribution in [0.3, 0.4) is 0 Å². The van der Waals surface area contributed by atoms with Gasteiger partial charge in [-0.1, -0.05) is 6.07 Å². The van der Waals surface area contributed by atoms with Gasteiger partial charge >= 0.3 is 0 Å². The molecular weight excluding hydrogens is 298 g/mol. The van der Waals surface area contributed by atoms with Gasteiger partial charge in [0.15, 0.2) is 0 Å². The van der Waals surface area contributed by atoms with Gasteiger partial charge < -0.3 is 15.0 Å². The predicted molar refractivity (Wildman–Crippen MR) is 95.0 cm³/mol. The first-order valence-corrected chi connectivity index (χ1v) is 9.81. The monoisotopic (exact) mass is 327 g/mol. The Kier molecular flexibility index (Phi) is 3.78. The molecule has 6 rings (SSSR count). The zero-order chi connectivity index (χ0) is 16.0. The Morgan fingerprint density at radius 3 is 2.29 bits per heavy atom. The van der Waals surface area contributed by atoms with Gasteiger partial charge in [-0.3, -0.25) is 0 Å². The maximum absolute atomic E-state index is 5.42. The molecule has 1 N–H and O–H groups in total. The lowest BCUT2D eigenvalue weighted by atomic mass is 9.53. The van der Waals surface area contributed by atoms with Crippen LogP contribution in [0.5, 0.6) is 0 Å². The van der Waals surface area contributed by atoms with Crippen LogP contribution in [-0.4, -0.2) is 36.8 Å². The number of anilines is 1. The third kappa shape index (κ3) is 2.84. The fraction of sp³-hybridized carbons (Fsp3) is 0.750. The maximum atomic E-state index is 5.42. The molecular formula is C20H29N3O. The first-order chi connectivity index (χ1) is 11.8. The van der Waals surface area contributed by atoms with E-state index in [-0.39, 0.29) is 0 Å². The van der Waals surface area contributed by atoms with Crippen molar-refractivity contribution in [2.45, 2.75) is 50.6 Å². The van der Waals surface area contributed by atoms with Crippen molar-refractivity contribution < 1.29 is 4.74 Å². The van der Waals surface area contributed by atoms with Crippen molar-refractivity contribution >= 4 is 5.82 Å². The average molecular weight is 327 g/mol. The Morgan fingerprint density at radius 1 is 1.04 bits per heavy atom. The minimum Gasteiger partial charge on any atom is -0.378 e. The summed E-state index contributed by atoms with van der Waals surface area (Å²) in [6.45, 7) is 4.52. The molecule has 0 radical (unpaired) electrons. The molecule has 5 aliphatic rings. The number of aromatic nitrogens is 1. The van der Waals surface area contributed by atoms with E-state index < -0.39 is 0 Å². The van der Waals surface area contributed by atoms with E-state index in [1.54, 1.807) is 0 Å². The molecule has 1 aliphatic heterocycles. The number of nitrogens with zero attached hydrogens (tertiary/aromatic N) is 2.